The standard InChI is InChI=1S/C21H22N2O2/c1-3-12-22(2)13-7-10-21(24)23-14-11-19-18(16-23)15-20(25-19)17-8-5-4-6-9-17/h1,4-10,15H,11-14,16H2,2H3/b10-7+. The van der Waals surface area contributed by atoms with Gasteiger partial charge in [-0.15, -0.1) is 6.42 Å². The number of carbonyl (C=O) groups excluding carboxylic acids is 1. The van der Waals surface area contributed by atoms with Crippen molar-refractivity contribution in [1.29, 1.82) is 0 Å². The van der Waals surface area contributed by atoms with Crippen LogP contribution in [0.2, 0.25) is 0 Å². The lowest BCUT2D eigenvalue weighted by atomic mass is 10.1. The van der Waals surface area contributed by atoms with E-state index in [9.17, 15) is 4.79 Å². The maximum absolute atomic E-state index is 12.4. The van der Waals surface area contributed by atoms with E-state index in [2.05, 4.69) is 12.0 Å². The third-order valence-electron chi connectivity index (χ3n) is 4.28. The summed E-state index contributed by atoms with van der Waals surface area (Å²) < 4.78 is 5.98. The van der Waals surface area contributed by atoms with E-state index in [1.54, 1.807) is 6.08 Å². The van der Waals surface area contributed by atoms with Gasteiger partial charge in [0.2, 0.25) is 5.91 Å². The SMILES string of the molecule is C#CCN(C)C/C=C/C(=O)N1CCc2oc(-c3ccccc3)cc2C1. The number of carbonyl (C=O) groups is 1. The van der Waals surface area contributed by atoms with E-state index >= 15 is 0 Å². The highest BCUT2D eigenvalue weighted by molar-refractivity contribution is 5.87. The summed E-state index contributed by atoms with van der Waals surface area (Å²) >= 11 is 0. The van der Waals surface area contributed by atoms with Crippen molar-refractivity contribution in [3.8, 4) is 23.7 Å². The Balaban J connectivity index is 1.63. The molecule has 1 aliphatic heterocycles. The Morgan fingerprint density at radius 3 is 2.96 bits per heavy atom. The van der Waals surface area contributed by atoms with Crippen LogP contribution < -0.4 is 0 Å². The minimum Gasteiger partial charge on any atom is -0.461 e. The average Bonchev–Trinajstić information content (AvgIpc) is 3.06. The van der Waals surface area contributed by atoms with Gasteiger partial charge in [0.1, 0.15) is 11.5 Å². The fourth-order valence-electron chi connectivity index (χ4n) is 2.93. The van der Waals surface area contributed by atoms with Gasteiger partial charge in [0, 0.05) is 43.3 Å². The van der Waals surface area contributed by atoms with Crippen LogP contribution in [0.1, 0.15) is 11.3 Å². The Bertz CT molecular complexity index is 799. The fraction of sp³-hybridized carbons (Fsp3) is 0.286. The molecule has 25 heavy (non-hydrogen) atoms. The van der Waals surface area contributed by atoms with Gasteiger partial charge in [-0.1, -0.05) is 42.3 Å². The van der Waals surface area contributed by atoms with Crippen molar-refractivity contribution in [3.05, 3.63) is 59.9 Å². The van der Waals surface area contributed by atoms with Crippen molar-refractivity contribution in [1.82, 2.24) is 9.80 Å². The zero-order valence-corrected chi connectivity index (χ0v) is 14.4. The Labute approximate surface area is 148 Å². The van der Waals surface area contributed by atoms with Crippen molar-refractivity contribution in [2.75, 3.05) is 26.7 Å². The summed E-state index contributed by atoms with van der Waals surface area (Å²) in [4.78, 5) is 16.2. The second-order valence-corrected chi connectivity index (χ2v) is 6.24. The highest BCUT2D eigenvalue weighted by Gasteiger charge is 2.23. The highest BCUT2D eigenvalue weighted by atomic mass is 16.3. The molecule has 0 saturated carbocycles. The number of hydrogen-bond acceptors (Lipinski definition) is 3. The number of benzene rings is 1. The Hall–Kier alpha value is -2.77. The van der Waals surface area contributed by atoms with E-state index < -0.39 is 0 Å². The van der Waals surface area contributed by atoms with E-state index in [1.165, 1.54) is 0 Å². The summed E-state index contributed by atoms with van der Waals surface area (Å²) in [7, 11) is 1.93. The summed E-state index contributed by atoms with van der Waals surface area (Å²) in [5.41, 5.74) is 2.16. The van der Waals surface area contributed by atoms with Crippen molar-refractivity contribution < 1.29 is 9.21 Å². The van der Waals surface area contributed by atoms with Crippen molar-refractivity contribution in [2.24, 2.45) is 0 Å². The average molecular weight is 334 g/mol. The number of amides is 1. The van der Waals surface area contributed by atoms with Gasteiger partial charge >= 0.3 is 0 Å². The van der Waals surface area contributed by atoms with Crippen LogP contribution in [-0.2, 0) is 17.8 Å². The summed E-state index contributed by atoms with van der Waals surface area (Å²) in [5, 5.41) is 0. The van der Waals surface area contributed by atoms with Crippen LogP contribution in [0.5, 0.6) is 0 Å². The van der Waals surface area contributed by atoms with Gasteiger partial charge in [0.25, 0.3) is 0 Å². The number of fused-ring (bicyclic) bond motifs is 1. The molecule has 1 aliphatic rings. The molecule has 0 aliphatic carbocycles. The first kappa shape index (κ1) is 17.1. The molecule has 4 heteroatoms. The molecule has 0 bridgehead atoms. The molecule has 0 unspecified atom stereocenters. The largest absolute Gasteiger partial charge is 0.461 e. The molecule has 2 aromatic rings. The van der Waals surface area contributed by atoms with E-state index in [0.29, 0.717) is 26.2 Å². The first-order chi connectivity index (χ1) is 12.2. The molecule has 0 fully saturated rings. The third-order valence-corrected chi connectivity index (χ3v) is 4.28. The van der Waals surface area contributed by atoms with Crippen LogP contribution in [0.25, 0.3) is 11.3 Å². The summed E-state index contributed by atoms with van der Waals surface area (Å²) in [5.74, 6) is 4.47. The lowest BCUT2D eigenvalue weighted by molar-refractivity contribution is -0.127. The van der Waals surface area contributed by atoms with E-state index in [4.69, 9.17) is 10.8 Å². The van der Waals surface area contributed by atoms with Crippen LogP contribution in [0.4, 0.5) is 0 Å². The molecule has 0 radical (unpaired) electrons. The predicted octanol–water partition coefficient (Wildman–Crippen LogP) is 2.95. The molecule has 0 saturated heterocycles. The quantitative estimate of drug-likeness (QED) is 0.623. The van der Waals surface area contributed by atoms with Crippen LogP contribution in [-0.4, -0.2) is 42.4 Å². The topological polar surface area (TPSA) is 36.7 Å². The second-order valence-electron chi connectivity index (χ2n) is 6.24. The molecule has 0 atom stereocenters. The van der Waals surface area contributed by atoms with Crippen molar-refractivity contribution in [2.45, 2.75) is 13.0 Å². The van der Waals surface area contributed by atoms with Gasteiger partial charge in [-0.05, 0) is 13.1 Å². The molecule has 4 nitrogen and oxygen atoms in total. The molecule has 1 amide bonds. The lowest BCUT2D eigenvalue weighted by Crippen LogP contribution is -2.34. The lowest BCUT2D eigenvalue weighted by Gasteiger charge is -2.25. The number of likely N-dealkylation sites (N-methyl/N-ethyl adjacent to an activating group) is 1. The van der Waals surface area contributed by atoms with Crippen molar-refractivity contribution in [3.63, 3.8) is 0 Å². The third kappa shape index (κ3) is 4.20. The summed E-state index contributed by atoms with van der Waals surface area (Å²) in [6, 6.07) is 12.1. The first-order valence-electron chi connectivity index (χ1n) is 8.42. The van der Waals surface area contributed by atoms with Gasteiger partial charge in [0.05, 0.1) is 6.54 Å². The monoisotopic (exact) mass is 334 g/mol. The minimum atomic E-state index is 0.0298. The summed E-state index contributed by atoms with van der Waals surface area (Å²) in [6.45, 7) is 2.51. The molecular formula is C21H22N2O2. The van der Waals surface area contributed by atoms with E-state index in [0.717, 1.165) is 29.1 Å². The van der Waals surface area contributed by atoms with Crippen molar-refractivity contribution >= 4 is 5.91 Å². The highest BCUT2D eigenvalue weighted by Crippen LogP contribution is 2.29. The van der Waals surface area contributed by atoms with Crippen LogP contribution in [0.15, 0.2) is 53.0 Å². The molecule has 1 aromatic heterocycles. The smallest absolute Gasteiger partial charge is 0.246 e. The Kier molecular flexibility index (Phi) is 5.37. The molecular weight excluding hydrogens is 312 g/mol. The molecule has 128 valence electrons. The molecule has 3 rings (SSSR count). The zero-order chi connectivity index (χ0) is 17.6. The van der Waals surface area contributed by atoms with Gasteiger partial charge < -0.3 is 9.32 Å². The zero-order valence-electron chi connectivity index (χ0n) is 14.4. The molecule has 2 heterocycles. The van der Waals surface area contributed by atoms with Gasteiger partial charge in [-0.25, -0.2) is 0 Å². The van der Waals surface area contributed by atoms with Crippen LogP contribution >= 0.6 is 0 Å². The maximum Gasteiger partial charge on any atom is 0.246 e. The fourth-order valence-corrected chi connectivity index (χ4v) is 2.93. The number of hydrogen-bond donors (Lipinski definition) is 0. The molecule has 0 N–H and O–H groups in total. The molecule has 1 aromatic carbocycles. The van der Waals surface area contributed by atoms with Crippen LogP contribution in [0.3, 0.4) is 0 Å². The number of nitrogens with zero attached hydrogens (tertiary/aromatic N) is 2. The van der Waals surface area contributed by atoms with Gasteiger partial charge in [-0.2, -0.15) is 0 Å². The maximum atomic E-state index is 12.4. The number of furan rings is 1. The van der Waals surface area contributed by atoms with E-state index in [-0.39, 0.29) is 5.91 Å². The Morgan fingerprint density at radius 2 is 2.20 bits per heavy atom. The summed E-state index contributed by atoms with van der Waals surface area (Å²) in [6.07, 6.45) is 9.51. The minimum absolute atomic E-state index is 0.0298. The Morgan fingerprint density at radius 1 is 1.40 bits per heavy atom. The molecule has 0 spiro atoms. The first-order valence-corrected chi connectivity index (χ1v) is 8.42. The van der Waals surface area contributed by atoms with Gasteiger partial charge in [-0.3, -0.25) is 9.69 Å². The normalized spacial score (nSPS) is 13.9. The number of rotatable bonds is 5. The predicted molar refractivity (Wildman–Crippen MR) is 98.7 cm³/mol. The second kappa shape index (κ2) is 7.87. The van der Waals surface area contributed by atoms with E-state index in [1.807, 2.05) is 53.3 Å². The van der Waals surface area contributed by atoms with Gasteiger partial charge in [0.15, 0.2) is 0 Å². The van der Waals surface area contributed by atoms with Crippen LogP contribution in [0, 0.1) is 12.3 Å². The number of terminal acetylenes is 1.